The minimum absolute atomic E-state index is 0.0410. The van der Waals surface area contributed by atoms with Crippen LogP contribution in [0.3, 0.4) is 0 Å². The number of amides is 1. The van der Waals surface area contributed by atoms with Gasteiger partial charge in [-0.3, -0.25) is 14.9 Å². The van der Waals surface area contributed by atoms with Crippen molar-refractivity contribution in [2.24, 2.45) is 0 Å². The molecular weight excluding hydrogens is 284 g/mol. The Balaban J connectivity index is 2.03. The molecule has 5 heteroatoms. The molecule has 0 spiro atoms. The van der Waals surface area contributed by atoms with Gasteiger partial charge in [-0.25, -0.2) is 4.98 Å². The monoisotopic (exact) mass is 300 g/mol. The lowest BCUT2D eigenvalue weighted by Crippen LogP contribution is -2.07. The Bertz CT molecular complexity index is 700. The van der Waals surface area contributed by atoms with Crippen molar-refractivity contribution in [2.45, 2.75) is 20.8 Å². The molecule has 0 aliphatic heterocycles. The number of aromatic nitrogens is 1. The Hall–Kier alpha value is -2.27. The van der Waals surface area contributed by atoms with Gasteiger partial charge in [0.1, 0.15) is 0 Å². The number of hydrogen-bond acceptors (Lipinski definition) is 4. The Kier molecular flexibility index (Phi) is 4.65. The normalized spacial score (nSPS) is 10.8. The summed E-state index contributed by atoms with van der Waals surface area (Å²) in [6.45, 7) is 5.26. The van der Waals surface area contributed by atoms with Crippen LogP contribution in [0.2, 0.25) is 0 Å². The zero-order valence-corrected chi connectivity index (χ0v) is 13.0. The summed E-state index contributed by atoms with van der Waals surface area (Å²) in [5, 5.41) is 3.11. The molecule has 0 fully saturated rings. The third kappa shape index (κ3) is 4.10. The van der Waals surface area contributed by atoms with Crippen LogP contribution in [0.15, 0.2) is 30.3 Å². The molecule has 0 aliphatic carbocycles. The molecule has 1 aromatic heterocycles. The van der Waals surface area contributed by atoms with Crippen molar-refractivity contribution in [2.75, 3.05) is 5.32 Å². The zero-order chi connectivity index (χ0) is 15.4. The first-order valence-electron chi connectivity index (χ1n) is 6.50. The Morgan fingerprint density at radius 2 is 1.86 bits per heavy atom. The van der Waals surface area contributed by atoms with Gasteiger partial charge in [0.05, 0.1) is 10.6 Å². The summed E-state index contributed by atoms with van der Waals surface area (Å²) in [4.78, 5) is 27.9. The number of ketones is 1. The molecule has 108 valence electrons. The van der Waals surface area contributed by atoms with E-state index in [1.54, 1.807) is 13.0 Å². The number of carbonyl (C=O) groups excluding carboxylic acids is 2. The third-order valence-electron chi connectivity index (χ3n) is 2.85. The van der Waals surface area contributed by atoms with Gasteiger partial charge in [0.25, 0.3) is 0 Å². The number of rotatable bonds is 4. The van der Waals surface area contributed by atoms with E-state index in [9.17, 15) is 9.59 Å². The Morgan fingerprint density at radius 1 is 1.19 bits per heavy atom. The van der Waals surface area contributed by atoms with Crippen LogP contribution >= 0.6 is 11.3 Å². The van der Waals surface area contributed by atoms with Gasteiger partial charge in [-0.2, -0.15) is 0 Å². The second-order valence-corrected chi connectivity index (χ2v) is 5.72. The van der Waals surface area contributed by atoms with E-state index in [0.717, 1.165) is 5.56 Å². The van der Waals surface area contributed by atoms with E-state index in [-0.39, 0.29) is 11.7 Å². The molecule has 0 bridgehead atoms. The van der Waals surface area contributed by atoms with Gasteiger partial charge in [0, 0.05) is 13.0 Å². The first-order chi connectivity index (χ1) is 9.95. The van der Waals surface area contributed by atoms with Crippen LogP contribution in [-0.4, -0.2) is 16.7 Å². The highest BCUT2D eigenvalue weighted by molar-refractivity contribution is 7.17. The average molecular weight is 300 g/mol. The van der Waals surface area contributed by atoms with Crippen molar-refractivity contribution in [3.05, 3.63) is 52.0 Å². The fraction of sp³-hybridized carbons (Fsp3) is 0.188. The highest BCUT2D eigenvalue weighted by atomic mass is 32.1. The zero-order valence-electron chi connectivity index (χ0n) is 12.1. The molecule has 0 atom stereocenters. The van der Waals surface area contributed by atoms with Gasteiger partial charge in [-0.1, -0.05) is 41.2 Å². The largest absolute Gasteiger partial charge is 0.298 e. The van der Waals surface area contributed by atoms with Gasteiger partial charge in [-0.15, -0.1) is 0 Å². The van der Waals surface area contributed by atoms with Crippen molar-refractivity contribution >= 4 is 34.2 Å². The number of hydrogen-bond donors (Lipinski definition) is 1. The smallest absolute Gasteiger partial charge is 0.250 e. The molecule has 0 radical (unpaired) electrons. The van der Waals surface area contributed by atoms with Crippen molar-refractivity contribution < 1.29 is 9.59 Å². The highest BCUT2D eigenvalue weighted by Crippen LogP contribution is 2.22. The van der Waals surface area contributed by atoms with E-state index in [2.05, 4.69) is 10.3 Å². The number of thiazole rings is 1. The molecule has 1 N–H and O–H groups in total. The maximum absolute atomic E-state index is 11.8. The second-order valence-electron chi connectivity index (χ2n) is 4.72. The molecular formula is C16H16N2O2S. The van der Waals surface area contributed by atoms with Crippen LogP contribution in [-0.2, 0) is 4.79 Å². The minimum Gasteiger partial charge on any atom is -0.298 e. The predicted octanol–water partition coefficient (Wildman–Crippen LogP) is 3.61. The fourth-order valence-corrected chi connectivity index (χ4v) is 2.64. The van der Waals surface area contributed by atoms with Crippen molar-refractivity contribution in [3.63, 3.8) is 0 Å². The number of carbonyl (C=O) groups is 2. The third-order valence-corrected chi connectivity index (χ3v) is 4.02. The maximum atomic E-state index is 11.8. The van der Waals surface area contributed by atoms with Crippen molar-refractivity contribution in [3.8, 4) is 0 Å². The number of anilines is 1. The summed E-state index contributed by atoms with van der Waals surface area (Å²) in [6.07, 6.45) is 3.19. The van der Waals surface area contributed by atoms with E-state index < -0.39 is 0 Å². The lowest BCUT2D eigenvalue weighted by molar-refractivity contribution is -0.111. The molecule has 0 saturated heterocycles. The first kappa shape index (κ1) is 15.1. The molecule has 1 heterocycles. The van der Waals surface area contributed by atoms with Crippen molar-refractivity contribution in [1.29, 1.82) is 0 Å². The van der Waals surface area contributed by atoms with Crippen LogP contribution in [0.5, 0.6) is 0 Å². The summed E-state index contributed by atoms with van der Waals surface area (Å²) in [6, 6.07) is 7.86. The van der Waals surface area contributed by atoms with Crippen molar-refractivity contribution in [1.82, 2.24) is 4.98 Å². The van der Waals surface area contributed by atoms with Gasteiger partial charge in [-0.05, 0) is 25.5 Å². The standard InChI is InChI=1S/C16H16N2O2S/c1-10-4-6-13(7-5-10)8-9-14(20)18-16-17-11(2)15(21-16)12(3)19/h4-9H,1-3H3,(H,17,18,20)/b9-8+. The van der Waals surface area contributed by atoms with Gasteiger partial charge in [0.2, 0.25) is 5.91 Å². The van der Waals surface area contributed by atoms with E-state index in [1.165, 1.54) is 29.9 Å². The molecule has 1 amide bonds. The first-order valence-corrected chi connectivity index (χ1v) is 7.31. The van der Waals surface area contributed by atoms with Gasteiger partial charge in [0.15, 0.2) is 10.9 Å². The summed E-state index contributed by atoms with van der Waals surface area (Å²) < 4.78 is 0. The van der Waals surface area contributed by atoms with E-state index >= 15 is 0 Å². The van der Waals surface area contributed by atoms with Gasteiger partial charge < -0.3 is 0 Å². The van der Waals surface area contributed by atoms with E-state index in [4.69, 9.17) is 0 Å². The fourth-order valence-electron chi connectivity index (χ4n) is 1.77. The number of benzene rings is 1. The maximum Gasteiger partial charge on any atom is 0.250 e. The number of aryl methyl sites for hydroxylation is 2. The summed E-state index contributed by atoms with van der Waals surface area (Å²) in [5.74, 6) is -0.305. The highest BCUT2D eigenvalue weighted by Gasteiger charge is 2.12. The average Bonchev–Trinajstić information content (AvgIpc) is 2.79. The summed E-state index contributed by atoms with van der Waals surface area (Å²) >= 11 is 1.19. The summed E-state index contributed by atoms with van der Waals surface area (Å²) in [5.41, 5.74) is 2.77. The van der Waals surface area contributed by atoms with Gasteiger partial charge >= 0.3 is 0 Å². The molecule has 21 heavy (non-hydrogen) atoms. The van der Waals surface area contributed by atoms with E-state index in [1.807, 2.05) is 31.2 Å². The van der Waals surface area contributed by atoms with Crippen LogP contribution in [0.4, 0.5) is 5.13 Å². The second kappa shape index (κ2) is 6.45. The molecule has 2 rings (SSSR count). The van der Waals surface area contributed by atoms with Crippen LogP contribution < -0.4 is 5.32 Å². The Labute approximate surface area is 127 Å². The molecule has 4 nitrogen and oxygen atoms in total. The molecule has 0 saturated carbocycles. The lowest BCUT2D eigenvalue weighted by Gasteiger charge is -1.96. The topological polar surface area (TPSA) is 59.1 Å². The molecule has 2 aromatic rings. The molecule has 0 unspecified atom stereocenters. The number of nitrogens with zero attached hydrogens (tertiary/aromatic N) is 1. The summed E-state index contributed by atoms with van der Waals surface area (Å²) in [7, 11) is 0. The molecule has 0 aliphatic rings. The quantitative estimate of drug-likeness (QED) is 0.693. The lowest BCUT2D eigenvalue weighted by atomic mass is 10.1. The molecule has 1 aromatic carbocycles. The SMILES string of the molecule is CC(=O)c1sc(NC(=O)/C=C/c2ccc(C)cc2)nc1C. The van der Waals surface area contributed by atoms with E-state index in [0.29, 0.717) is 15.7 Å². The number of nitrogens with one attached hydrogen (secondary N) is 1. The number of Topliss-reactive ketones (excluding diaryl/α,β-unsaturated/α-hetero) is 1. The Morgan fingerprint density at radius 3 is 2.43 bits per heavy atom. The van der Waals surface area contributed by atoms with Crippen LogP contribution in [0.1, 0.15) is 33.4 Å². The predicted molar refractivity (Wildman–Crippen MR) is 85.7 cm³/mol. The van der Waals surface area contributed by atoms with Crippen LogP contribution in [0.25, 0.3) is 6.08 Å². The van der Waals surface area contributed by atoms with Crippen LogP contribution in [0, 0.1) is 13.8 Å². The minimum atomic E-state index is -0.264.